The van der Waals surface area contributed by atoms with Crippen LogP contribution in [0.1, 0.15) is 32.1 Å². The Labute approximate surface area is 104 Å². The minimum absolute atomic E-state index is 0.0776. The summed E-state index contributed by atoms with van der Waals surface area (Å²) in [6, 6.07) is -0.346. The monoisotopic (exact) mass is 291 g/mol. The molecule has 5 heteroatoms. The molecule has 1 saturated heterocycles. The van der Waals surface area contributed by atoms with Gasteiger partial charge in [0.25, 0.3) is 0 Å². The Morgan fingerprint density at radius 2 is 2.19 bits per heavy atom. The zero-order valence-corrected chi connectivity index (χ0v) is 11.2. The lowest BCUT2D eigenvalue weighted by Crippen LogP contribution is -2.40. The van der Waals surface area contributed by atoms with Crippen molar-refractivity contribution in [3.8, 4) is 0 Å². The second-order valence-electron chi connectivity index (χ2n) is 3.91. The predicted molar refractivity (Wildman–Crippen MR) is 64.4 cm³/mol. The van der Waals surface area contributed by atoms with E-state index in [1.807, 2.05) is 0 Å². The van der Waals surface area contributed by atoms with Crippen LogP contribution in [0.2, 0.25) is 0 Å². The molecule has 1 aliphatic rings. The van der Waals surface area contributed by atoms with Gasteiger partial charge in [0.15, 0.2) is 0 Å². The molecule has 1 heterocycles. The third kappa shape index (κ3) is 3.47. The fourth-order valence-corrected chi connectivity index (χ4v) is 2.36. The molecule has 0 N–H and O–H groups in total. The average molecular weight is 292 g/mol. The van der Waals surface area contributed by atoms with Crippen molar-refractivity contribution in [2.45, 2.75) is 38.1 Å². The van der Waals surface area contributed by atoms with E-state index in [4.69, 9.17) is 4.74 Å². The van der Waals surface area contributed by atoms with Crippen molar-refractivity contribution >= 4 is 27.8 Å². The van der Waals surface area contributed by atoms with Crippen molar-refractivity contribution in [1.29, 1.82) is 0 Å². The van der Waals surface area contributed by atoms with Crippen molar-refractivity contribution in [1.82, 2.24) is 4.90 Å². The molecular formula is C11H18BrNO3. The molecule has 0 aromatic carbocycles. The molecule has 0 saturated carbocycles. The number of methoxy groups -OCH3 is 1. The second kappa shape index (κ2) is 6.89. The standard InChI is InChI=1S/C11H18BrNO3/c1-16-11(15)9-5-4-8-13(9)10(14)6-2-3-7-12/h9H,2-8H2,1H3/t9-/m0/s1. The van der Waals surface area contributed by atoms with E-state index >= 15 is 0 Å². The van der Waals surface area contributed by atoms with Crippen molar-refractivity contribution in [3.63, 3.8) is 0 Å². The van der Waals surface area contributed by atoms with E-state index in [0.29, 0.717) is 13.0 Å². The van der Waals surface area contributed by atoms with Gasteiger partial charge in [0, 0.05) is 18.3 Å². The summed E-state index contributed by atoms with van der Waals surface area (Å²) in [5.41, 5.74) is 0. The summed E-state index contributed by atoms with van der Waals surface area (Å²) in [5, 5.41) is 0.917. The molecule has 16 heavy (non-hydrogen) atoms. The van der Waals surface area contributed by atoms with E-state index in [9.17, 15) is 9.59 Å². The molecule has 0 unspecified atom stereocenters. The molecule has 1 fully saturated rings. The molecule has 92 valence electrons. The summed E-state index contributed by atoms with van der Waals surface area (Å²) in [5.74, 6) is -0.208. The molecule has 0 bridgehead atoms. The number of alkyl halides is 1. The summed E-state index contributed by atoms with van der Waals surface area (Å²) in [6.45, 7) is 0.687. The molecule has 0 aromatic heterocycles. The van der Waals surface area contributed by atoms with Gasteiger partial charge in [0.2, 0.25) is 5.91 Å². The van der Waals surface area contributed by atoms with Crippen LogP contribution in [0, 0.1) is 0 Å². The molecule has 1 amide bonds. The van der Waals surface area contributed by atoms with E-state index < -0.39 is 0 Å². The van der Waals surface area contributed by atoms with Crippen molar-refractivity contribution in [2.24, 2.45) is 0 Å². The molecule has 4 nitrogen and oxygen atoms in total. The maximum absolute atomic E-state index is 11.9. The lowest BCUT2D eigenvalue weighted by Gasteiger charge is -2.22. The molecular weight excluding hydrogens is 274 g/mol. The third-order valence-corrected chi connectivity index (χ3v) is 3.38. The third-order valence-electron chi connectivity index (χ3n) is 2.82. The summed E-state index contributed by atoms with van der Waals surface area (Å²) >= 11 is 3.33. The Kier molecular flexibility index (Phi) is 5.80. The van der Waals surface area contributed by atoms with E-state index in [2.05, 4.69) is 15.9 Å². The first-order chi connectivity index (χ1) is 7.70. The lowest BCUT2D eigenvalue weighted by atomic mass is 10.2. The first kappa shape index (κ1) is 13.5. The minimum atomic E-state index is -0.346. The number of ether oxygens (including phenoxy) is 1. The van der Waals surface area contributed by atoms with Gasteiger partial charge in [-0.05, 0) is 25.7 Å². The molecule has 0 spiro atoms. The summed E-state index contributed by atoms with van der Waals surface area (Å²) < 4.78 is 4.70. The number of hydrogen-bond donors (Lipinski definition) is 0. The molecule has 0 radical (unpaired) electrons. The zero-order chi connectivity index (χ0) is 12.0. The minimum Gasteiger partial charge on any atom is -0.467 e. The highest BCUT2D eigenvalue weighted by Crippen LogP contribution is 2.20. The number of likely N-dealkylation sites (tertiary alicyclic amines) is 1. The van der Waals surface area contributed by atoms with Gasteiger partial charge in [0.1, 0.15) is 6.04 Å². The SMILES string of the molecule is COC(=O)[C@@H]1CCCN1C(=O)CCCCBr. The van der Waals surface area contributed by atoms with Crippen molar-refractivity contribution in [3.05, 3.63) is 0 Å². The Balaban J connectivity index is 2.44. The van der Waals surface area contributed by atoms with Gasteiger partial charge in [-0.2, -0.15) is 0 Å². The van der Waals surface area contributed by atoms with Gasteiger partial charge in [0.05, 0.1) is 7.11 Å². The maximum Gasteiger partial charge on any atom is 0.328 e. The zero-order valence-electron chi connectivity index (χ0n) is 9.58. The fraction of sp³-hybridized carbons (Fsp3) is 0.818. The quantitative estimate of drug-likeness (QED) is 0.440. The molecule has 1 atom stereocenters. The van der Waals surface area contributed by atoms with Gasteiger partial charge in [-0.15, -0.1) is 0 Å². The highest BCUT2D eigenvalue weighted by Gasteiger charge is 2.34. The van der Waals surface area contributed by atoms with Crippen LogP contribution in [-0.2, 0) is 14.3 Å². The number of carbonyl (C=O) groups excluding carboxylic acids is 2. The number of carbonyl (C=O) groups is 2. The number of rotatable bonds is 5. The number of hydrogen-bond acceptors (Lipinski definition) is 3. The molecule has 0 aliphatic carbocycles. The van der Waals surface area contributed by atoms with E-state index in [-0.39, 0.29) is 17.9 Å². The van der Waals surface area contributed by atoms with Crippen LogP contribution >= 0.6 is 15.9 Å². The van der Waals surface area contributed by atoms with Crippen LogP contribution in [0.5, 0.6) is 0 Å². The largest absolute Gasteiger partial charge is 0.467 e. The highest BCUT2D eigenvalue weighted by molar-refractivity contribution is 9.09. The van der Waals surface area contributed by atoms with Crippen LogP contribution in [0.3, 0.4) is 0 Å². The first-order valence-electron chi connectivity index (χ1n) is 5.64. The van der Waals surface area contributed by atoms with Gasteiger partial charge >= 0.3 is 5.97 Å². The van der Waals surface area contributed by atoms with Crippen molar-refractivity contribution in [2.75, 3.05) is 19.0 Å². The molecule has 1 rings (SSSR count). The number of amides is 1. The maximum atomic E-state index is 11.9. The Bertz CT molecular complexity index is 258. The van der Waals surface area contributed by atoms with E-state index in [1.54, 1.807) is 4.90 Å². The normalized spacial score (nSPS) is 19.9. The van der Waals surface area contributed by atoms with E-state index in [1.165, 1.54) is 7.11 Å². The van der Waals surface area contributed by atoms with Crippen LogP contribution in [0.25, 0.3) is 0 Å². The number of nitrogens with zero attached hydrogens (tertiary/aromatic N) is 1. The van der Waals surface area contributed by atoms with Crippen LogP contribution in [0.15, 0.2) is 0 Å². The number of esters is 1. The molecule has 1 aliphatic heterocycles. The van der Waals surface area contributed by atoms with Crippen molar-refractivity contribution < 1.29 is 14.3 Å². The van der Waals surface area contributed by atoms with E-state index in [0.717, 1.165) is 31.0 Å². The van der Waals surface area contributed by atoms with Crippen LogP contribution in [0.4, 0.5) is 0 Å². The Hall–Kier alpha value is -0.580. The van der Waals surface area contributed by atoms with Gasteiger partial charge in [-0.25, -0.2) is 4.79 Å². The average Bonchev–Trinajstić information content (AvgIpc) is 2.77. The summed E-state index contributed by atoms with van der Waals surface area (Å²) in [4.78, 5) is 25.0. The summed E-state index contributed by atoms with van der Waals surface area (Å²) in [6.07, 6.45) is 4.01. The van der Waals surface area contributed by atoms with Gasteiger partial charge < -0.3 is 9.64 Å². The van der Waals surface area contributed by atoms with Gasteiger partial charge in [-0.3, -0.25) is 4.79 Å². The smallest absolute Gasteiger partial charge is 0.328 e. The van der Waals surface area contributed by atoms with Crippen LogP contribution in [-0.4, -0.2) is 41.8 Å². The van der Waals surface area contributed by atoms with Gasteiger partial charge in [-0.1, -0.05) is 15.9 Å². The predicted octanol–water partition coefficient (Wildman–Crippen LogP) is 1.72. The highest BCUT2D eigenvalue weighted by atomic mass is 79.9. The fourth-order valence-electron chi connectivity index (χ4n) is 1.96. The first-order valence-corrected chi connectivity index (χ1v) is 6.76. The Morgan fingerprint density at radius 1 is 1.44 bits per heavy atom. The second-order valence-corrected chi connectivity index (χ2v) is 4.71. The Morgan fingerprint density at radius 3 is 2.81 bits per heavy atom. The van der Waals surface area contributed by atoms with Crippen LogP contribution < -0.4 is 0 Å². The number of halogens is 1. The number of unbranched alkanes of at least 4 members (excludes halogenated alkanes) is 1. The molecule has 0 aromatic rings. The topological polar surface area (TPSA) is 46.6 Å². The lowest BCUT2D eigenvalue weighted by molar-refractivity contribution is -0.151. The summed E-state index contributed by atoms with van der Waals surface area (Å²) in [7, 11) is 1.37.